The Bertz CT molecular complexity index is 799. The first-order chi connectivity index (χ1) is 12.2. The van der Waals surface area contributed by atoms with Gasteiger partial charge >= 0.3 is 6.18 Å². The molecule has 0 aliphatic heterocycles. The number of carbonyl (C=O) groups excluding carboxylic acids is 1. The number of carbonyl (C=O) groups is 1. The van der Waals surface area contributed by atoms with Gasteiger partial charge in [0.05, 0.1) is 28.4 Å². The molecule has 0 heterocycles. The van der Waals surface area contributed by atoms with E-state index in [-0.39, 0.29) is 28.6 Å². The third-order valence-electron chi connectivity index (χ3n) is 3.27. The molecule has 0 bridgehead atoms. The molecule has 0 radical (unpaired) electrons. The Labute approximate surface area is 161 Å². The van der Waals surface area contributed by atoms with Crippen molar-refractivity contribution in [2.24, 2.45) is 0 Å². The van der Waals surface area contributed by atoms with E-state index < -0.39 is 17.6 Å². The van der Waals surface area contributed by atoms with Gasteiger partial charge in [-0.1, -0.05) is 27.5 Å². The number of hydrogen-bond acceptors (Lipinski definition) is 3. The Morgan fingerprint density at radius 3 is 2.58 bits per heavy atom. The number of alkyl halides is 3. The number of anilines is 1. The van der Waals surface area contributed by atoms with E-state index in [0.29, 0.717) is 11.1 Å². The quantitative estimate of drug-likeness (QED) is 0.597. The zero-order valence-corrected chi connectivity index (χ0v) is 15.8. The molecular formula is C17H14BrClF3NO3. The Morgan fingerprint density at radius 1 is 1.19 bits per heavy atom. The lowest BCUT2D eigenvalue weighted by Gasteiger charge is -2.14. The van der Waals surface area contributed by atoms with Crippen LogP contribution in [0.5, 0.6) is 5.75 Å². The van der Waals surface area contributed by atoms with Crippen LogP contribution in [0.25, 0.3) is 0 Å². The molecule has 0 atom stereocenters. The van der Waals surface area contributed by atoms with Gasteiger partial charge in [0, 0.05) is 11.6 Å². The molecule has 0 spiro atoms. The van der Waals surface area contributed by atoms with Crippen LogP contribution in [-0.4, -0.2) is 26.2 Å². The zero-order chi connectivity index (χ0) is 19.3. The second-order valence-electron chi connectivity index (χ2n) is 5.13. The van der Waals surface area contributed by atoms with Crippen LogP contribution in [0.3, 0.4) is 0 Å². The number of halogens is 5. The van der Waals surface area contributed by atoms with Crippen LogP contribution in [0, 0.1) is 0 Å². The molecular weight excluding hydrogens is 439 g/mol. The minimum absolute atomic E-state index is 0.0109. The van der Waals surface area contributed by atoms with Crippen molar-refractivity contribution in [2.75, 3.05) is 25.6 Å². The number of ether oxygens (including phenoxy) is 2. The fourth-order valence-electron chi connectivity index (χ4n) is 2.03. The molecule has 2 aromatic rings. The minimum atomic E-state index is -4.55. The van der Waals surface area contributed by atoms with Crippen molar-refractivity contribution in [1.82, 2.24) is 0 Å². The van der Waals surface area contributed by atoms with E-state index in [1.54, 1.807) is 12.1 Å². The topological polar surface area (TPSA) is 47.6 Å². The summed E-state index contributed by atoms with van der Waals surface area (Å²) in [6.07, 6.45) is -4.55. The number of hydrogen-bond donors (Lipinski definition) is 1. The van der Waals surface area contributed by atoms with Crippen molar-refractivity contribution in [3.05, 3.63) is 57.0 Å². The van der Waals surface area contributed by atoms with E-state index in [1.807, 2.05) is 0 Å². The van der Waals surface area contributed by atoms with Crippen molar-refractivity contribution in [1.29, 1.82) is 0 Å². The molecule has 0 saturated carbocycles. The summed E-state index contributed by atoms with van der Waals surface area (Å²) in [5.41, 5.74) is -0.915. The molecule has 0 aliphatic rings. The molecule has 2 rings (SSSR count). The molecule has 0 aromatic heterocycles. The van der Waals surface area contributed by atoms with Gasteiger partial charge in [0.25, 0.3) is 5.91 Å². The fourth-order valence-corrected chi connectivity index (χ4v) is 2.55. The third kappa shape index (κ3) is 5.36. The highest BCUT2D eigenvalue weighted by molar-refractivity contribution is 9.10. The Kier molecular flexibility index (Phi) is 6.91. The molecule has 0 aliphatic carbocycles. The molecule has 0 unspecified atom stereocenters. The van der Waals surface area contributed by atoms with Crippen LogP contribution in [0.15, 0.2) is 40.9 Å². The maximum atomic E-state index is 12.9. The lowest BCUT2D eigenvalue weighted by atomic mass is 10.1. The van der Waals surface area contributed by atoms with Crippen LogP contribution in [-0.2, 0) is 10.9 Å². The molecule has 0 saturated heterocycles. The second-order valence-corrected chi connectivity index (χ2v) is 6.45. The second kappa shape index (κ2) is 8.75. The number of nitrogens with one attached hydrogen (secondary N) is 1. The van der Waals surface area contributed by atoms with Gasteiger partial charge in [-0.2, -0.15) is 13.2 Å². The van der Waals surface area contributed by atoms with Gasteiger partial charge in [-0.05, 0) is 36.4 Å². The fraction of sp³-hybridized carbons (Fsp3) is 0.235. The maximum Gasteiger partial charge on any atom is 0.416 e. The van der Waals surface area contributed by atoms with Crippen molar-refractivity contribution in [3.8, 4) is 5.75 Å². The van der Waals surface area contributed by atoms with Gasteiger partial charge in [-0.3, -0.25) is 4.79 Å². The molecule has 4 nitrogen and oxygen atoms in total. The number of rotatable bonds is 6. The average molecular weight is 453 g/mol. The zero-order valence-electron chi connectivity index (χ0n) is 13.5. The molecule has 1 amide bonds. The van der Waals surface area contributed by atoms with Crippen molar-refractivity contribution in [3.63, 3.8) is 0 Å². The number of benzene rings is 2. The van der Waals surface area contributed by atoms with Gasteiger partial charge in [0.15, 0.2) is 0 Å². The van der Waals surface area contributed by atoms with Crippen LogP contribution >= 0.6 is 27.5 Å². The maximum absolute atomic E-state index is 12.9. The summed E-state index contributed by atoms with van der Waals surface area (Å²) >= 11 is 9.16. The smallest absolute Gasteiger partial charge is 0.416 e. The predicted molar refractivity (Wildman–Crippen MR) is 95.9 cm³/mol. The van der Waals surface area contributed by atoms with Gasteiger partial charge in [0.2, 0.25) is 0 Å². The van der Waals surface area contributed by atoms with Crippen LogP contribution in [0.4, 0.5) is 18.9 Å². The van der Waals surface area contributed by atoms with Gasteiger partial charge in [-0.15, -0.1) is 0 Å². The molecule has 26 heavy (non-hydrogen) atoms. The normalized spacial score (nSPS) is 11.3. The monoisotopic (exact) mass is 451 g/mol. The Hall–Kier alpha value is -1.77. The average Bonchev–Trinajstić information content (AvgIpc) is 2.57. The summed E-state index contributed by atoms with van der Waals surface area (Å²) < 4.78 is 49.5. The molecule has 1 N–H and O–H groups in total. The van der Waals surface area contributed by atoms with Gasteiger partial charge < -0.3 is 14.8 Å². The summed E-state index contributed by atoms with van der Waals surface area (Å²) in [6.45, 7) is 0.527. The Balaban J connectivity index is 2.29. The summed E-state index contributed by atoms with van der Waals surface area (Å²) in [5, 5.41) is 2.38. The van der Waals surface area contributed by atoms with E-state index in [2.05, 4.69) is 21.2 Å². The van der Waals surface area contributed by atoms with E-state index in [9.17, 15) is 18.0 Å². The summed E-state index contributed by atoms with van der Waals surface area (Å²) in [6, 6.07) is 7.45. The molecule has 0 fully saturated rings. The van der Waals surface area contributed by atoms with Crippen molar-refractivity contribution >= 4 is 39.1 Å². The van der Waals surface area contributed by atoms with Crippen LogP contribution in [0.1, 0.15) is 15.9 Å². The van der Waals surface area contributed by atoms with E-state index >= 15 is 0 Å². The summed E-state index contributed by atoms with van der Waals surface area (Å²) in [7, 11) is 1.51. The highest BCUT2D eigenvalue weighted by Crippen LogP contribution is 2.34. The first-order valence-electron chi connectivity index (χ1n) is 7.31. The minimum Gasteiger partial charge on any atom is -0.490 e. The molecule has 140 valence electrons. The highest BCUT2D eigenvalue weighted by atomic mass is 79.9. The molecule has 2 aromatic carbocycles. The number of amides is 1. The van der Waals surface area contributed by atoms with E-state index in [4.69, 9.17) is 21.1 Å². The first kappa shape index (κ1) is 20.5. The Morgan fingerprint density at radius 2 is 1.92 bits per heavy atom. The first-order valence-corrected chi connectivity index (χ1v) is 8.49. The van der Waals surface area contributed by atoms with Crippen LogP contribution in [0.2, 0.25) is 5.02 Å². The van der Waals surface area contributed by atoms with Crippen LogP contribution < -0.4 is 10.1 Å². The SMILES string of the molecule is COCCOc1ccc(Br)cc1C(=O)Nc1cc(C(F)(F)F)ccc1Cl. The summed E-state index contributed by atoms with van der Waals surface area (Å²) in [4.78, 5) is 12.5. The molecule has 9 heteroatoms. The van der Waals surface area contributed by atoms with Gasteiger partial charge in [0.1, 0.15) is 12.4 Å². The van der Waals surface area contributed by atoms with E-state index in [1.165, 1.54) is 13.2 Å². The van der Waals surface area contributed by atoms with Crippen molar-refractivity contribution < 1.29 is 27.4 Å². The largest absolute Gasteiger partial charge is 0.490 e. The lowest BCUT2D eigenvalue weighted by molar-refractivity contribution is -0.137. The van der Waals surface area contributed by atoms with Gasteiger partial charge in [-0.25, -0.2) is 0 Å². The highest BCUT2D eigenvalue weighted by Gasteiger charge is 2.31. The summed E-state index contributed by atoms with van der Waals surface area (Å²) in [5.74, 6) is -0.384. The lowest BCUT2D eigenvalue weighted by Crippen LogP contribution is -2.16. The number of methoxy groups -OCH3 is 1. The predicted octanol–water partition coefficient (Wildman–Crippen LogP) is 5.40. The standard InChI is InChI=1S/C17H14BrClF3NO3/c1-25-6-7-26-15-5-3-11(18)9-12(15)16(24)23-14-8-10(17(20,21)22)2-4-13(14)19/h2-5,8-9H,6-7H2,1H3,(H,23,24). The van der Waals surface area contributed by atoms with E-state index in [0.717, 1.165) is 18.2 Å². The van der Waals surface area contributed by atoms with Crippen molar-refractivity contribution in [2.45, 2.75) is 6.18 Å². The third-order valence-corrected chi connectivity index (χ3v) is 4.10.